The number of aryl methyl sites for hydroxylation is 1. The van der Waals surface area contributed by atoms with Crippen molar-refractivity contribution in [2.75, 3.05) is 0 Å². The Kier molecular flexibility index (Phi) is 4.55. The number of benzene rings is 2. The molecule has 0 heterocycles. The van der Waals surface area contributed by atoms with Gasteiger partial charge in [0.2, 0.25) is 0 Å². The maximum atomic E-state index is 14.1. The van der Waals surface area contributed by atoms with Crippen LogP contribution in [0.1, 0.15) is 30.0 Å². The summed E-state index contributed by atoms with van der Waals surface area (Å²) in [6.07, 6.45) is -1.85. The maximum Gasteiger partial charge on any atom is 0.458 e. The van der Waals surface area contributed by atoms with E-state index in [9.17, 15) is 22.0 Å². The van der Waals surface area contributed by atoms with E-state index >= 15 is 0 Å². The molecule has 0 saturated carbocycles. The Morgan fingerprint density at radius 2 is 1.64 bits per heavy atom. The number of halogens is 5. The Morgan fingerprint density at radius 3 is 2.28 bits per heavy atom. The highest BCUT2D eigenvalue weighted by molar-refractivity contribution is 5.66. The molecule has 0 radical (unpaired) electrons. The van der Waals surface area contributed by atoms with Gasteiger partial charge in [-0.25, -0.2) is 8.78 Å². The Labute approximate surface area is 142 Å². The van der Waals surface area contributed by atoms with Crippen LogP contribution >= 0.6 is 0 Å². The van der Waals surface area contributed by atoms with E-state index in [0.717, 1.165) is 42.9 Å². The lowest BCUT2D eigenvalue weighted by atomic mass is 9.83. The van der Waals surface area contributed by atoms with Crippen molar-refractivity contribution in [2.45, 2.75) is 32.4 Å². The number of hydrogen-bond donors (Lipinski definition) is 0. The van der Waals surface area contributed by atoms with Crippen LogP contribution in [0.4, 0.5) is 22.0 Å². The number of rotatable bonds is 1. The lowest BCUT2D eigenvalue weighted by molar-refractivity contribution is -0.0696. The van der Waals surface area contributed by atoms with Gasteiger partial charge in [0, 0.05) is 5.92 Å². The third-order valence-electron chi connectivity index (χ3n) is 4.39. The quantitative estimate of drug-likeness (QED) is 0.459. The van der Waals surface area contributed by atoms with E-state index in [0.29, 0.717) is 11.5 Å². The lowest BCUT2D eigenvalue weighted by Gasteiger charge is -2.22. The molecule has 2 aromatic rings. The predicted molar refractivity (Wildman–Crippen MR) is 85.9 cm³/mol. The minimum absolute atomic E-state index is 0.286. The van der Waals surface area contributed by atoms with Crippen molar-refractivity contribution in [1.82, 2.24) is 0 Å². The van der Waals surface area contributed by atoms with E-state index in [-0.39, 0.29) is 5.56 Å². The highest BCUT2D eigenvalue weighted by Crippen LogP contribution is 2.31. The number of alkyl halides is 3. The smallest absolute Gasteiger partial charge is 0.205 e. The molecule has 0 fully saturated rings. The molecule has 3 rings (SSSR count). The first-order valence-electron chi connectivity index (χ1n) is 7.94. The first kappa shape index (κ1) is 17.5. The zero-order chi connectivity index (χ0) is 18.2. The van der Waals surface area contributed by atoms with Crippen molar-refractivity contribution in [2.24, 2.45) is 5.92 Å². The normalized spacial score (nSPS) is 16.8. The molecule has 1 atom stereocenters. The topological polar surface area (TPSA) is 0 Å². The SMILES string of the molecule is CC1CCc2cc(-c3cc(F)c(C#CC(F)(F)F)c(F)c3)ccc2C1. The average Bonchev–Trinajstić information content (AvgIpc) is 2.52. The van der Waals surface area contributed by atoms with Crippen molar-refractivity contribution in [3.63, 3.8) is 0 Å². The second kappa shape index (κ2) is 6.51. The predicted octanol–water partition coefficient (Wildman–Crippen LogP) is 5.67. The fourth-order valence-corrected chi connectivity index (χ4v) is 3.11. The molecule has 130 valence electrons. The molecule has 0 amide bonds. The van der Waals surface area contributed by atoms with Gasteiger partial charge < -0.3 is 0 Å². The van der Waals surface area contributed by atoms with Crippen molar-refractivity contribution >= 4 is 0 Å². The van der Waals surface area contributed by atoms with E-state index in [1.54, 1.807) is 6.07 Å². The van der Waals surface area contributed by atoms with Crippen LogP contribution in [0.25, 0.3) is 11.1 Å². The first-order valence-corrected chi connectivity index (χ1v) is 7.94. The first-order chi connectivity index (χ1) is 11.7. The molecule has 2 aromatic carbocycles. The fourth-order valence-electron chi connectivity index (χ4n) is 3.11. The van der Waals surface area contributed by atoms with E-state index in [2.05, 4.69) is 6.92 Å². The summed E-state index contributed by atoms with van der Waals surface area (Å²) in [6.45, 7) is 2.18. The van der Waals surface area contributed by atoms with Gasteiger partial charge in [0.1, 0.15) is 11.6 Å². The molecule has 0 spiro atoms. The molecule has 5 heteroatoms. The van der Waals surface area contributed by atoms with Crippen molar-refractivity contribution in [3.05, 3.63) is 58.7 Å². The van der Waals surface area contributed by atoms with Crippen molar-refractivity contribution in [3.8, 4) is 23.0 Å². The monoisotopic (exact) mass is 350 g/mol. The number of fused-ring (bicyclic) bond motifs is 1. The van der Waals surface area contributed by atoms with Crippen LogP contribution in [0.15, 0.2) is 30.3 Å². The summed E-state index contributed by atoms with van der Waals surface area (Å²) in [5, 5.41) is 0. The van der Waals surface area contributed by atoms with Crippen LogP contribution in [0.5, 0.6) is 0 Å². The van der Waals surface area contributed by atoms with E-state index in [4.69, 9.17) is 0 Å². The highest BCUT2D eigenvalue weighted by atomic mass is 19.4. The van der Waals surface area contributed by atoms with Crippen LogP contribution in [0.2, 0.25) is 0 Å². The van der Waals surface area contributed by atoms with Crippen LogP contribution in [0, 0.1) is 29.4 Å². The third-order valence-corrected chi connectivity index (χ3v) is 4.39. The zero-order valence-electron chi connectivity index (χ0n) is 13.5. The molecule has 0 aromatic heterocycles. The summed E-state index contributed by atoms with van der Waals surface area (Å²) in [7, 11) is 0. The van der Waals surface area contributed by atoms with Crippen LogP contribution in [-0.4, -0.2) is 6.18 Å². The molecular formula is C20H15F5. The number of hydrogen-bond acceptors (Lipinski definition) is 0. The second-order valence-corrected chi connectivity index (χ2v) is 6.39. The Morgan fingerprint density at radius 1 is 0.960 bits per heavy atom. The molecule has 1 aliphatic rings. The standard InChI is InChI=1S/C20H15F5/c1-12-2-3-14-9-15(5-4-13(14)8-12)16-10-18(21)17(19(22)11-16)6-7-20(23,24)25/h4-5,9-12H,2-3,8H2,1H3. The molecule has 0 N–H and O–H groups in total. The molecule has 0 bridgehead atoms. The summed E-state index contributed by atoms with van der Waals surface area (Å²) < 4.78 is 64.5. The van der Waals surface area contributed by atoms with Crippen molar-refractivity contribution in [1.29, 1.82) is 0 Å². The molecular weight excluding hydrogens is 335 g/mol. The van der Waals surface area contributed by atoms with E-state index < -0.39 is 23.4 Å². The summed E-state index contributed by atoms with van der Waals surface area (Å²) >= 11 is 0. The second-order valence-electron chi connectivity index (χ2n) is 6.39. The van der Waals surface area contributed by atoms with Crippen LogP contribution in [0.3, 0.4) is 0 Å². The van der Waals surface area contributed by atoms with E-state index in [1.165, 1.54) is 11.5 Å². The molecule has 1 aliphatic carbocycles. The summed E-state index contributed by atoms with van der Waals surface area (Å²) in [5.74, 6) is 0.837. The van der Waals surface area contributed by atoms with Gasteiger partial charge in [0.25, 0.3) is 0 Å². The molecule has 0 aliphatic heterocycles. The van der Waals surface area contributed by atoms with Crippen LogP contribution < -0.4 is 0 Å². The van der Waals surface area contributed by atoms with Crippen LogP contribution in [-0.2, 0) is 12.8 Å². The van der Waals surface area contributed by atoms with Gasteiger partial charge in [-0.1, -0.05) is 31.0 Å². The van der Waals surface area contributed by atoms with E-state index in [1.807, 2.05) is 12.1 Å². The Bertz CT molecular complexity index is 845. The fraction of sp³-hybridized carbons (Fsp3) is 0.300. The maximum absolute atomic E-state index is 14.1. The highest BCUT2D eigenvalue weighted by Gasteiger charge is 2.24. The molecule has 1 unspecified atom stereocenters. The lowest BCUT2D eigenvalue weighted by Crippen LogP contribution is -2.11. The summed E-state index contributed by atoms with van der Waals surface area (Å²) in [4.78, 5) is 0. The van der Waals surface area contributed by atoms with Gasteiger partial charge in [-0.3, -0.25) is 0 Å². The molecule has 25 heavy (non-hydrogen) atoms. The average molecular weight is 350 g/mol. The zero-order valence-corrected chi connectivity index (χ0v) is 13.5. The largest absolute Gasteiger partial charge is 0.458 e. The summed E-state index contributed by atoms with van der Waals surface area (Å²) in [6, 6.07) is 7.68. The van der Waals surface area contributed by atoms with Gasteiger partial charge in [-0.15, -0.1) is 0 Å². The Hall–Kier alpha value is -2.35. The van der Waals surface area contributed by atoms with Gasteiger partial charge in [-0.05, 0) is 59.6 Å². The third kappa shape index (κ3) is 4.01. The van der Waals surface area contributed by atoms with Gasteiger partial charge in [0.15, 0.2) is 0 Å². The van der Waals surface area contributed by atoms with Gasteiger partial charge in [-0.2, -0.15) is 13.2 Å². The van der Waals surface area contributed by atoms with Crippen molar-refractivity contribution < 1.29 is 22.0 Å². The minimum atomic E-state index is -4.80. The molecule has 0 saturated heterocycles. The summed E-state index contributed by atoms with van der Waals surface area (Å²) in [5.41, 5.74) is 2.44. The molecule has 0 nitrogen and oxygen atoms in total. The minimum Gasteiger partial charge on any atom is -0.205 e. The van der Waals surface area contributed by atoms with Gasteiger partial charge in [0.05, 0.1) is 5.56 Å². The Balaban J connectivity index is 1.98. The van der Waals surface area contributed by atoms with Gasteiger partial charge >= 0.3 is 6.18 Å².